The molecule has 1 aromatic rings. The number of hydrogen-bond donors (Lipinski definition) is 2. The van der Waals surface area contributed by atoms with Crippen LogP contribution < -0.4 is 16.2 Å². The Morgan fingerprint density at radius 2 is 2.13 bits per heavy atom. The van der Waals surface area contributed by atoms with Crippen molar-refractivity contribution in [1.82, 2.24) is 4.90 Å². The van der Waals surface area contributed by atoms with E-state index < -0.39 is 0 Å². The number of nitrogens with two attached hydrogens (primary N) is 2. The fourth-order valence-corrected chi connectivity index (χ4v) is 2.78. The van der Waals surface area contributed by atoms with Gasteiger partial charge >= 0.3 is 0 Å². The first-order chi connectivity index (χ1) is 11.1. The Hall–Kier alpha value is -2.08. The largest absolute Gasteiger partial charge is 0.494 e. The average molecular weight is 317 g/mol. The van der Waals surface area contributed by atoms with Gasteiger partial charge in [-0.2, -0.15) is 5.10 Å². The van der Waals surface area contributed by atoms with E-state index in [2.05, 4.69) is 22.0 Å². The molecule has 1 aromatic carbocycles. The van der Waals surface area contributed by atoms with Gasteiger partial charge in [-0.05, 0) is 61.6 Å². The predicted molar refractivity (Wildman–Crippen MR) is 94.8 cm³/mol. The summed E-state index contributed by atoms with van der Waals surface area (Å²) in [6.07, 6.45) is 5.35. The molecule has 126 valence electrons. The predicted octanol–water partition coefficient (Wildman–Crippen LogP) is 1.79. The van der Waals surface area contributed by atoms with Crippen LogP contribution in [0, 0.1) is 5.92 Å². The van der Waals surface area contributed by atoms with Gasteiger partial charge in [0, 0.05) is 13.1 Å². The van der Waals surface area contributed by atoms with Gasteiger partial charge < -0.3 is 21.1 Å². The topological polar surface area (TPSA) is 89.2 Å². The highest BCUT2D eigenvalue weighted by Crippen LogP contribution is 2.16. The third kappa shape index (κ3) is 6.69. The highest BCUT2D eigenvalue weighted by molar-refractivity contribution is 5.81. The van der Waals surface area contributed by atoms with Gasteiger partial charge in [0.05, 0.1) is 12.8 Å². The maximum atomic E-state index is 5.78. The quantitative estimate of drug-likeness (QED) is 0.347. The Morgan fingerprint density at radius 3 is 2.83 bits per heavy atom. The maximum Gasteiger partial charge on any atom is 0.211 e. The summed E-state index contributed by atoms with van der Waals surface area (Å²) in [6.45, 7) is 6.65. The zero-order valence-corrected chi connectivity index (χ0v) is 13.8. The number of rotatable bonds is 7. The normalized spacial score (nSPS) is 18.9. The zero-order valence-electron chi connectivity index (χ0n) is 13.8. The molecule has 0 saturated carbocycles. The van der Waals surface area contributed by atoms with Crippen LogP contribution in [0.15, 0.2) is 34.5 Å². The zero-order chi connectivity index (χ0) is 16.5. The first-order valence-corrected chi connectivity index (χ1v) is 8.20. The van der Waals surface area contributed by atoms with Gasteiger partial charge in [-0.25, -0.2) is 0 Å². The number of hydrogen-bond acceptors (Lipinski definition) is 4. The van der Waals surface area contributed by atoms with E-state index in [9.17, 15) is 0 Å². The molecule has 1 heterocycles. The lowest BCUT2D eigenvalue weighted by molar-refractivity contribution is 0.170. The number of guanidine groups is 1. The molecule has 1 unspecified atom stereocenters. The van der Waals surface area contributed by atoms with Crippen LogP contribution in [0.1, 0.15) is 31.7 Å². The first-order valence-electron chi connectivity index (χ1n) is 8.20. The number of ether oxygens (including phenoxy) is 1. The van der Waals surface area contributed by atoms with Crippen LogP contribution in [0.5, 0.6) is 5.75 Å². The van der Waals surface area contributed by atoms with Crippen LogP contribution in [0.2, 0.25) is 0 Å². The molecular weight excluding hydrogens is 290 g/mol. The molecule has 1 aliphatic heterocycles. The lowest BCUT2D eigenvalue weighted by Crippen LogP contribution is -2.35. The molecule has 4 N–H and O–H groups in total. The van der Waals surface area contributed by atoms with E-state index in [0.717, 1.165) is 36.8 Å². The maximum absolute atomic E-state index is 5.78. The van der Waals surface area contributed by atoms with E-state index in [-0.39, 0.29) is 5.96 Å². The Balaban J connectivity index is 1.68. The fourth-order valence-electron chi connectivity index (χ4n) is 2.78. The van der Waals surface area contributed by atoms with Crippen LogP contribution in [-0.2, 0) is 0 Å². The second-order valence-electron chi connectivity index (χ2n) is 6.09. The molecule has 1 aliphatic rings. The van der Waals surface area contributed by atoms with Crippen molar-refractivity contribution >= 4 is 12.2 Å². The van der Waals surface area contributed by atoms with Gasteiger partial charge in [-0.3, -0.25) is 0 Å². The molecule has 23 heavy (non-hydrogen) atoms. The second kappa shape index (κ2) is 9.15. The van der Waals surface area contributed by atoms with E-state index in [0.29, 0.717) is 0 Å². The summed E-state index contributed by atoms with van der Waals surface area (Å²) >= 11 is 0. The van der Waals surface area contributed by atoms with Crippen molar-refractivity contribution in [3.8, 4) is 5.75 Å². The van der Waals surface area contributed by atoms with Gasteiger partial charge in [0.15, 0.2) is 0 Å². The van der Waals surface area contributed by atoms with E-state index in [1.54, 1.807) is 6.21 Å². The Labute approximate surface area is 138 Å². The van der Waals surface area contributed by atoms with Crippen molar-refractivity contribution in [2.75, 3.05) is 26.2 Å². The highest BCUT2D eigenvalue weighted by Gasteiger charge is 2.15. The Bertz CT molecular complexity index is 522. The van der Waals surface area contributed by atoms with Crippen LogP contribution >= 0.6 is 0 Å². The van der Waals surface area contributed by atoms with Gasteiger partial charge in [0.2, 0.25) is 5.96 Å². The van der Waals surface area contributed by atoms with Crippen molar-refractivity contribution in [3.05, 3.63) is 29.8 Å². The third-order valence-electron chi connectivity index (χ3n) is 3.89. The SMILES string of the molecule is CC1CCCN(CCCOc2ccc(C=NN=C(N)N)cc2)C1. The summed E-state index contributed by atoms with van der Waals surface area (Å²) < 4.78 is 5.78. The summed E-state index contributed by atoms with van der Waals surface area (Å²) in [7, 11) is 0. The number of nitrogens with zero attached hydrogens (tertiary/aromatic N) is 3. The number of piperidine rings is 1. The summed E-state index contributed by atoms with van der Waals surface area (Å²) in [6, 6.07) is 7.71. The van der Waals surface area contributed by atoms with Crippen LogP contribution in [-0.4, -0.2) is 43.3 Å². The fraction of sp³-hybridized carbons (Fsp3) is 0.529. The van der Waals surface area contributed by atoms with Crippen LogP contribution in [0.25, 0.3) is 0 Å². The number of likely N-dealkylation sites (tertiary alicyclic amines) is 1. The Morgan fingerprint density at radius 1 is 1.35 bits per heavy atom. The molecule has 2 rings (SSSR count). The van der Waals surface area contributed by atoms with E-state index in [1.165, 1.54) is 25.9 Å². The molecule has 0 amide bonds. The standard InChI is InChI=1S/C17H27N5O/c1-14-4-2-9-22(13-14)10-3-11-23-16-7-5-15(6-8-16)12-20-21-17(18)19/h5-8,12,14H,2-4,9-11,13H2,1H3,(H4,18,19,21). The first kappa shape index (κ1) is 17.3. The van der Waals surface area contributed by atoms with E-state index in [1.807, 2.05) is 24.3 Å². The van der Waals surface area contributed by atoms with Crippen LogP contribution in [0.4, 0.5) is 0 Å². The average Bonchev–Trinajstić information content (AvgIpc) is 2.53. The van der Waals surface area contributed by atoms with Gasteiger partial charge in [0.25, 0.3) is 0 Å². The summed E-state index contributed by atoms with van der Waals surface area (Å²) in [4.78, 5) is 2.54. The van der Waals surface area contributed by atoms with Crippen molar-refractivity contribution in [3.63, 3.8) is 0 Å². The molecular formula is C17H27N5O. The molecule has 1 atom stereocenters. The van der Waals surface area contributed by atoms with Crippen molar-refractivity contribution in [2.45, 2.75) is 26.2 Å². The highest BCUT2D eigenvalue weighted by atomic mass is 16.5. The summed E-state index contributed by atoms with van der Waals surface area (Å²) in [5.74, 6) is 1.65. The summed E-state index contributed by atoms with van der Waals surface area (Å²) in [5, 5.41) is 7.33. The minimum atomic E-state index is -0.0516. The number of benzene rings is 1. The Kier molecular flexibility index (Phi) is 6.87. The van der Waals surface area contributed by atoms with Gasteiger partial charge in [-0.15, -0.1) is 5.10 Å². The second-order valence-corrected chi connectivity index (χ2v) is 6.09. The minimum Gasteiger partial charge on any atom is -0.494 e. The molecule has 0 aromatic heterocycles. The molecule has 0 spiro atoms. The molecule has 0 bridgehead atoms. The molecule has 1 fully saturated rings. The smallest absolute Gasteiger partial charge is 0.211 e. The van der Waals surface area contributed by atoms with E-state index >= 15 is 0 Å². The molecule has 0 radical (unpaired) electrons. The monoisotopic (exact) mass is 317 g/mol. The minimum absolute atomic E-state index is 0.0516. The van der Waals surface area contributed by atoms with Crippen molar-refractivity contribution in [1.29, 1.82) is 0 Å². The van der Waals surface area contributed by atoms with E-state index in [4.69, 9.17) is 16.2 Å². The van der Waals surface area contributed by atoms with Crippen LogP contribution in [0.3, 0.4) is 0 Å². The van der Waals surface area contributed by atoms with Gasteiger partial charge in [0.1, 0.15) is 5.75 Å². The lowest BCUT2D eigenvalue weighted by atomic mass is 10.0. The van der Waals surface area contributed by atoms with Crippen molar-refractivity contribution < 1.29 is 4.74 Å². The molecule has 1 saturated heterocycles. The molecule has 6 heteroatoms. The van der Waals surface area contributed by atoms with Crippen molar-refractivity contribution in [2.24, 2.45) is 27.6 Å². The third-order valence-corrected chi connectivity index (χ3v) is 3.89. The van der Waals surface area contributed by atoms with Gasteiger partial charge in [-0.1, -0.05) is 6.92 Å². The lowest BCUT2D eigenvalue weighted by Gasteiger charge is -2.30. The molecule has 6 nitrogen and oxygen atoms in total. The molecule has 0 aliphatic carbocycles. The summed E-state index contributed by atoms with van der Waals surface area (Å²) in [5.41, 5.74) is 11.3.